The van der Waals surface area contributed by atoms with Crippen LogP contribution in [0.5, 0.6) is 11.5 Å². The summed E-state index contributed by atoms with van der Waals surface area (Å²) in [4.78, 5) is 13.3. The Balaban J connectivity index is 1.77. The smallest absolute Gasteiger partial charge is 0.163 e. The molecule has 0 saturated heterocycles. The van der Waals surface area contributed by atoms with Crippen LogP contribution in [-0.2, 0) is 9.53 Å². The van der Waals surface area contributed by atoms with Gasteiger partial charge in [0.2, 0.25) is 0 Å². The number of ether oxygens (including phenoxy) is 3. The lowest BCUT2D eigenvalue weighted by molar-refractivity contribution is -0.113. The van der Waals surface area contributed by atoms with Crippen LogP contribution in [0.2, 0.25) is 0 Å². The minimum Gasteiger partial charge on any atom is -0.497 e. The standard InChI is InChI=1S/C38H32O4/c1-26(39)35(25-29-15-20-32(40-3)21-16-29)38-37(30-13-9-6-10-14-30)36(31-18-22-33(41-4)23-19-31)34(27(2)42-38)24-17-28-11-7-5-8-12-28/h5-16,18-23,25,36H,1-4H3/b35-25+. The molecule has 5 rings (SSSR count). The summed E-state index contributed by atoms with van der Waals surface area (Å²) in [6, 6.07) is 35.5. The summed E-state index contributed by atoms with van der Waals surface area (Å²) in [7, 11) is 3.28. The molecular formula is C38H32O4. The van der Waals surface area contributed by atoms with E-state index in [4.69, 9.17) is 14.2 Å². The van der Waals surface area contributed by atoms with Crippen LogP contribution >= 0.6 is 0 Å². The molecule has 1 aliphatic heterocycles. The van der Waals surface area contributed by atoms with Crippen LogP contribution in [0.3, 0.4) is 0 Å². The maximum atomic E-state index is 13.3. The molecule has 42 heavy (non-hydrogen) atoms. The fraction of sp³-hybridized carbons (Fsp3) is 0.132. The molecule has 4 heteroatoms. The van der Waals surface area contributed by atoms with Gasteiger partial charge in [-0.3, -0.25) is 4.79 Å². The fourth-order valence-corrected chi connectivity index (χ4v) is 5.00. The Kier molecular flexibility index (Phi) is 8.70. The van der Waals surface area contributed by atoms with Crippen LogP contribution < -0.4 is 9.47 Å². The summed E-state index contributed by atoms with van der Waals surface area (Å²) in [5.74, 6) is 9.04. The van der Waals surface area contributed by atoms with E-state index < -0.39 is 0 Å². The second kappa shape index (κ2) is 12.9. The van der Waals surface area contributed by atoms with Gasteiger partial charge in [0.15, 0.2) is 5.78 Å². The monoisotopic (exact) mass is 552 g/mol. The van der Waals surface area contributed by atoms with Crippen molar-refractivity contribution >= 4 is 17.4 Å². The highest BCUT2D eigenvalue weighted by Crippen LogP contribution is 2.47. The summed E-state index contributed by atoms with van der Waals surface area (Å²) in [6.45, 7) is 3.49. The highest BCUT2D eigenvalue weighted by atomic mass is 16.5. The van der Waals surface area contributed by atoms with E-state index in [1.807, 2.05) is 122 Å². The Hall–Kier alpha value is -5.27. The number of Topliss-reactive ketones (excluding diaryl/α,β-unsaturated/α-hetero) is 1. The molecule has 1 atom stereocenters. The van der Waals surface area contributed by atoms with Gasteiger partial charge in [0.05, 0.1) is 25.4 Å². The van der Waals surface area contributed by atoms with Crippen molar-refractivity contribution < 1.29 is 19.0 Å². The third kappa shape index (κ3) is 6.22. The van der Waals surface area contributed by atoms with Crippen molar-refractivity contribution in [2.45, 2.75) is 19.8 Å². The maximum Gasteiger partial charge on any atom is 0.163 e. The molecule has 0 spiro atoms. The second-order valence-corrected chi connectivity index (χ2v) is 9.89. The van der Waals surface area contributed by atoms with Crippen LogP contribution in [0.25, 0.3) is 11.6 Å². The van der Waals surface area contributed by atoms with Gasteiger partial charge in [-0.2, -0.15) is 0 Å². The normalized spacial score (nSPS) is 15.0. The average molecular weight is 553 g/mol. The molecule has 1 unspecified atom stereocenters. The number of carbonyl (C=O) groups excluding carboxylic acids is 1. The SMILES string of the molecule is COc1ccc(/C=C(\C(C)=O)C2=C(c3ccccc3)C(c3ccc(OC)cc3)C(C#Cc3ccccc3)=C(C)O2)cc1. The van der Waals surface area contributed by atoms with Crippen LogP contribution in [-0.4, -0.2) is 20.0 Å². The third-order valence-corrected chi connectivity index (χ3v) is 7.16. The summed E-state index contributed by atoms with van der Waals surface area (Å²) < 4.78 is 17.4. The molecule has 4 aromatic carbocycles. The number of hydrogen-bond acceptors (Lipinski definition) is 4. The topological polar surface area (TPSA) is 44.8 Å². The first-order valence-corrected chi connectivity index (χ1v) is 13.7. The van der Waals surface area contributed by atoms with Crippen molar-refractivity contribution in [3.63, 3.8) is 0 Å². The molecule has 0 radical (unpaired) electrons. The number of rotatable bonds is 7. The summed E-state index contributed by atoms with van der Waals surface area (Å²) >= 11 is 0. The predicted octanol–water partition coefficient (Wildman–Crippen LogP) is 8.23. The molecule has 0 aliphatic carbocycles. The van der Waals surface area contributed by atoms with Gasteiger partial charge < -0.3 is 14.2 Å². The molecule has 0 bridgehead atoms. The van der Waals surface area contributed by atoms with E-state index in [-0.39, 0.29) is 11.7 Å². The lowest BCUT2D eigenvalue weighted by Crippen LogP contribution is -2.18. The van der Waals surface area contributed by atoms with E-state index in [0.717, 1.165) is 44.9 Å². The number of allylic oxidation sites excluding steroid dienone is 4. The quantitative estimate of drug-likeness (QED) is 0.171. The van der Waals surface area contributed by atoms with Gasteiger partial charge >= 0.3 is 0 Å². The molecule has 1 aliphatic rings. The fourth-order valence-electron chi connectivity index (χ4n) is 5.00. The van der Waals surface area contributed by atoms with Gasteiger partial charge in [0.1, 0.15) is 23.0 Å². The summed E-state index contributed by atoms with van der Waals surface area (Å²) in [5.41, 5.74) is 5.92. The zero-order valence-electron chi connectivity index (χ0n) is 24.2. The molecule has 1 heterocycles. The van der Waals surface area contributed by atoms with Gasteiger partial charge in [-0.15, -0.1) is 0 Å². The molecule has 4 aromatic rings. The maximum absolute atomic E-state index is 13.3. The number of hydrogen-bond donors (Lipinski definition) is 0. The van der Waals surface area contributed by atoms with Crippen molar-refractivity contribution in [1.29, 1.82) is 0 Å². The first kappa shape index (κ1) is 28.3. The van der Waals surface area contributed by atoms with Crippen LogP contribution in [0.15, 0.2) is 132 Å². The van der Waals surface area contributed by atoms with Gasteiger partial charge in [-0.05, 0) is 73.0 Å². The Labute approximate surface area is 247 Å². The van der Waals surface area contributed by atoms with Crippen LogP contribution in [0.1, 0.15) is 42.0 Å². The Bertz CT molecular complexity index is 1710. The largest absolute Gasteiger partial charge is 0.497 e. The average Bonchev–Trinajstić information content (AvgIpc) is 3.03. The van der Waals surface area contributed by atoms with Crippen LogP contribution in [0, 0.1) is 11.8 Å². The van der Waals surface area contributed by atoms with Gasteiger partial charge in [-0.25, -0.2) is 0 Å². The molecule has 0 saturated carbocycles. The minimum atomic E-state index is -0.295. The molecule has 0 N–H and O–H groups in total. The van der Waals surface area contributed by atoms with Crippen molar-refractivity contribution in [3.05, 3.63) is 154 Å². The molecule has 0 amide bonds. The molecule has 208 valence electrons. The van der Waals surface area contributed by atoms with E-state index in [9.17, 15) is 4.79 Å². The lowest BCUT2D eigenvalue weighted by atomic mass is 9.77. The first-order valence-electron chi connectivity index (χ1n) is 13.7. The first-order chi connectivity index (χ1) is 20.5. The minimum absolute atomic E-state index is 0.102. The van der Waals surface area contributed by atoms with Crippen LogP contribution in [0.4, 0.5) is 0 Å². The van der Waals surface area contributed by atoms with Gasteiger partial charge in [0, 0.05) is 17.1 Å². The second-order valence-electron chi connectivity index (χ2n) is 9.89. The highest BCUT2D eigenvalue weighted by Gasteiger charge is 2.34. The van der Waals surface area contributed by atoms with Gasteiger partial charge in [-0.1, -0.05) is 84.6 Å². The number of ketones is 1. The van der Waals surface area contributed by atoms with Crippen molar-refractivity contribution in [1.82, 2.24) is 0 Å². The third-order valence-electron chi connectivity index (χ3n) is 7.16. The predicted molar refractivity (Wildman–Crippen MR) is 168 cm³/mol. The lowest BCUT2D eigenvalue weighted by Gasteiger charge is -2.31. The van der Waals surface area contributed by atoms with Crippen molar-refractivity contribution in [2.24, 2.45) is 0 Å². The van der Waals surface area contributed by atoms with E-state index in [2.05, 4.69) is 11.8 Å². The van der Waals surface area contributed by atoms with E-state index in [0.29, 0.717) is 17.1 Å². The zero-order chi connectivity index (χ0) is 29.5. The molecule has 0 aromatic heterocycles. The van der Waals surface area contributed by atoms with E-state index in [1.165, 1.54) is 0 Å². The number of benzene rings is 4. The van der Waals surface area contributed by atoms with Crippen molar-refractivity contribution in [2.75, 3.05) is 14.2 Å². The Morgan fingerprint density at radius 2 is 1.33 bits per heavy atom. The van der Waals surface area contributed by atoms with E-state index in [1.54, 1.807) is 21.1 Å². The van der Waals surface area contributed by atoms with Crippen molar-refractivity contribution in [3.8, 4) is 23.3 Å². The molecule has 4 nitrogen and oxygen atoms in total. The molecule has 0 fully saturated rings. The number of methoxy groups -OCH3 is 2. The molecular weight excluding hydrogens is 520 g/mol. The highest BCUT2D eigenvalue weighted by molar-refractivity contribution is 6.04. The number of carbonyl (C=O) groups is 1. The summed E-state index contributed by atoms with van der Waals surface area (Å²) in [6.07, 6.45) is 1.87. The Morgan fingerprint density at radius 1 is 0.762 bits per heavy atom. The zero-order valence-corrected chi connectivity index (χ0v) is 24.2. The summed E-state index contributed by atoms with van der Waals surface area (Å²) in [5, 5.41) is 0. The Morgan fingerprint density at radius 3 is 1.90 bits per heavy atom. The van der Waals surface area contributed by atoms with Gasteiger partial charge in [0.25, 0.3) is 0 Å². The van der Waals surface area contributed by atoms with E-state index >= 15 is 0 Å².